The molecule has 0 aliphatic carbocycles. The molecule has 136 valence electrons. The van der Waals surface area contributed by atoms with Gasteiger partial charge in [0.05, 0.1) is 5.92 Å². The highest BCUT2D eigenvalue weighted by Crippen LogP contribution is 2.34. The Bertz CT molecular complexity index is 543. The van der Waals surface area contributed by atoms with Gasteiger partial charge < -0.3 is 15.3 Å². The molecule has 4 heteroatoms. The molecule has 4 nitrogen and oxygen atoms in total. The van der Waals surface area contributed by atoms with Gasteiger partial charge in [0.25, 0.3) is 0 Å². The van der Waals surface area contributed by atoms with Gasteiger partial charge in [-0.15, -0.1) is 0 Å². The van der Waals surface area contributed by atoms with Gasteiger partial charge in [0.2, 0.25) is 0 Å². The number of unbranched alkanes of at least 4 members (excludes halogenated alkanes) is 2. The van der Waals surface area contributed by atoms with Gasteiger partial charge in [-0.1, -0.05) is 45.7 Å². The smallest absolute Gasteiger partial charge is 0.306 e. The Balaban J connectivity index is 2.54. The number of aliphatic carboxylic acids is 1. The molecule has 3 N–H and O–H groups in total. The molecule has 0 spiro atoms. The van der Waals surface area contributed by atoms with Gasteiger partial charge in [-0.2, -0.15) is 0 Å². The second kappa shape index (κ2) is 9.07. The summed E-state index contributed by atoms with van der Waals surface area (Å²) < 4.78 is 0. The summed E-state index contributed by atoms with van der Waals surface area (Å²) in [5, 5.41) is 28.2. The highest BCUT2D eigenvalue weighted by atomic mass is 16.4. The van der Waals surface area contributed by atoms with Crippen LogP contribution in [0.3, 0.4) is 0 Å². The molecule has 1 aromatic rings. The molecule has 0 heterocycles. The van der Waals surface area contributed by atoms with Crippen LogP contribution in [0.25, 0.3) is 0 Å². The molecule has 0 aliphatic heterocycles. The van der Waals surface area contributed by atoms with Crippen LogP contribution in [-0.2, 0) is 16.6 Å². The first kappa shape index (κ1) is 20.5. The van der Waals surface area contributed by atoms with E-state index < -0.39 is 11.9 Å². The molecule has 0 radical (unpaired) electrons. The largest absolute Gasteiger partial charge is 0.507 e. The number of rotatable bonds is 9. The van der Waals surface area contributed by atoms with Gasteiger partial charge in [-0.05, 0) is 54.7 Å². The van der Waals surface area contributed by atoms with Gasteiger partial charge in [-0.25, -0.2) is 0 Å². The van der Waals surface area contributed by atoms with Crippen molar-refractivity contribution in [2.75, 3.05) is 6.61 Å². The first-order valence-corrected chi connectivity index (χ1v) is 8.83. The zero-order chi connectivity index (χ0) is 18.3. The summed E-state index contributed by atoms with van der Waals surface area (Å²) in [5.41, 5.74) is 3.02. The number of aliphatic hydroxyl groups is 1. The summed E-state index contributed by atoms with van der Waals surface area (Å²) in [6, 6.07) is 4.13. The zero-order valence-corrected chi connectivity index (χ0v) is 15.4. The Hall–Kier alpha value is -1.55. The Labute approximate surface area is 145 Å². The molecule has 1 unspecified atom stereocenters. The van der Waals surface area contributed by atoms with Crippen molar-refractivity contribution in [2.45, 2.75) is 71.6 Å². The number of phenols is 1. The third-order valence-electron chi connectivity index (χ3n) is 4.51. The normalized spacial score (nSPS) is 13.0. The first-order chi connectivity index (χ1) is 11.2. The van der Waals surface area contributed by atoms with Crippen molar-refractivity contribution in [3.63, 3.8) is 0 Å². The third kappa shape index (κ3) is 6.16. The zero-order valence-electron chi connectivity index (χ0n) is 15.4. The van der Waals surface area contributed by atoms with Crippen molar-refractivity contribution in [1.29, 1.82) is 0 Å². The quantitative estimate of drug-likeness (QED) is 0.591. The second-order valence-corrected chi connectivity index (χ2v) is 7.71. The molecular weight excluding hydrogens is 304 g/mol. The molecule has 1 atom stereocenters. The maximum atomic E-state index is 11.0. The van der Waals surface area contributed by atoms with E-state index in [2.05, 4.69) is 26.8 Å². The van der Waals surface area contributed by atoms with Crippen LogP contribution < -0.4 is 0 Å². The van der Waals surface area contributed by atoms with Crippen LogP contribution in [0, 0.1) is 12.8 Å². The molecule has 0 aromatic heterocycles. The fourth-order valence-electron chi connectivity index (χ4n) is 3.01. The lowest BCUT2D eigenvalue weighted by Gasteiger charge is -2.22. The topological polar surface area (TPSA) is 77.8 Å². The van der Waals surface area contributed by atoms with E-state index in [1.165, 1.54) is 5.56 Å². The average molecular weight is 336 g/mol. The summed E-state index contributed by atoms with van der Waals surface area (Å²) in [5.74, 6) is -0.856. The Kier molecular flexibility index (Phi) is 7.74. The van der Waals surface area contributed by atoms with Crippen LogP contribution in [0.2, 0.25) is 0 Å². The number of carboxylic acid groups (broad SMARTS) is 1. The summed E-state index contributed by atoms with van der Waals surface area (Å²) in [6.45, 7) is 8.15. The summed E-state index contributed by atoms with van der Waals surface area (Å²) >= 11 is 0. The van der Waals surface area contributed by atoms with E-state index in [4.69, 9.17) is 10.2 Å². The van der Waals surface area contributed by atoms with Gasteiger partial charge in [0, 0.05) is 6.61 Å². The molecule has 24 heavy (non-hydrogen) atoms. The highest BCUT2D eigenvalue weighted by Gasteiger charge is 2.20. The van der Waals surface area contributed by atoms with E-state index in [1.54, 1.807) is 0 Å². The SMILES string of the molecule is Cc1cc(CCCCCC(CCO)C(=O)O)cc(C(C)(C)C)c1O. The number of aryl methyl sites for hydroxylation is 2. The molecule has 0 aliphatic rings. The van der Waals surface area contributed by atoms with Crippen molar-refractivity contribution in [3.05, 3.63) is 28.8 Å². The van der Waals surface area contributed by atoms with E-state index in [1.807, 2.05) is 13.0 Å². The van der Waals surface area contributed by atoms with Gasteiger partial charge in [0.1, 0.15) is 5.75 Å². The molecule has 0 saturated carbocycles. The van der Waals surface area contributed by atoms with Crippen LogP contribution in [0.15, 0.2) is 12.1 Å². The van der Waals surface area contributed by atoms with Crippen molar-refractivity contribution < 1.29 is 20.1 Å². The number of aromatic hydroxyl groups is 1. The van der Waals surface area contributed by atoms with Crippen LogP contribution in [-0.4, -0.2) is 27.9 Å². The summed E-state index contributed by atoms with van der Waals surface area (Å²) in [7, 11) is 0. The maximum Gasteiger partial charge on any atom is 0.306 e. The van der Waals surface area contributed by atoms with Gasteiger partial charge in [0.15, 0.2) is 0 Å². The Morgan fingerprint density at radius 3 is 2.33 bits per heavy atom. The lowest BCUT2D eigenvalue weighted by Crippen LogP contribution is -2.15. The number of hydrogen-bond acceptors (Lipinski definition) is 3. The van der Waals surface area contributed by atoms with Crippen LogP contribution in [0.1, 0.15) is 69.6 Å². The second-order valence-electron chi connectivity index (χ2n) is 7.71. The molecule has 0 amide bonds. The molecule has 1 aromatic carbocycles. The Morgan fingerprint density at radius 2 is 1.79 bits per heavy atom. The number of benzene rings is 1. The minimum absolute atomic E-state index is 0.0701. The highest BCUT2D eigenvalue weighted by molar-refractivity contribution is 5.69. The monoisotopic (exact) mass is 336 g/mol. The van der Waals surface area contributed by atoms with E-state index in [9.17, 15) is 9.90 Å². The van der Waals surface area contributed by atoms with Crippen molar-refractivity contribution >= 4 is 5.97 Å². The number of carboxylic acids is 1. The van der Waals surface area contributed by atoms with Crippen molar-refractivity contribution in [2.24, 2.45) is 5.92 Å². The summed E-state index contributed by atoms with van der Waals surface area (Å²) in [4.78, 5) is 11.0. The first-order valence-electron chi connectivity index (χ1n) is 8.83. The molecule has 0 bridgehead atoms. The fraction of sp³-hybridized carbons (Fsp3) is 0.650. The van der Waals surface area contributed by atoms with Crippen LogP contribution in [0.4, 0.5) is 0 Å². The molecule has 0 fully saturated rings. The Morgan fingerprint density at radius 1 is 1.12 bits per heavy atom. The van der Waals surface area contributed by atoms with Crippen LogP contribution in [0.5, 0.6) is 5.75 Å². The van der Waals surface area contributed by atoms with E-state index >= 15 is 0 Å². The average Bonchev–Trinajstić information content (AvgIpc) is 2.47. The molecule has 0 saturated heterocycles. The van der Waals surface area contributed by atoms with E-state index in [0.717, 1.165) is 36.8 Å². The van der Waals surface area contributed by atoms with E-state index in [0.29, 0.717) is 18.6 Å². The maximum absolute atomic E-state index is 11.0. The fourth-order valence-corrected chi connectivity index (χ4v) is 3.01. The minimum atomic E-state index is -0.812. The van der Waals surface area contributed by atoms with Gasteiger partial charge in [-0.3, -0.25) is 4.79 Å². The number of phenolic OH excluding ortho intramolecular Hbond substituents is 1. The lowest BCUT2D eigenvalue weighted by molar-refractivity contribution is -0.142. The standard InChI is InChI=1S/C20H32O4/c1-14-12-15(13-17(18(14)22)20(2,3)4)8-6-5-7-9-16(10-11-21)19(23)24/h12-13,16,21-22H,5-11H2,1-4H3,(H,23,24). The summed E-state index contributed by atoms with van der Waals surface area (Å²) in [6.07, 6.45) is 4.72. The lowest BCUT2D eigenvalue weighted by atomic mass is 9.83. The van der Waals surface area contributed by atoms with Gasteiger partial charge >= 0.3 is 5.97 Å². The van der Waals surface area contributed by atoms with E-state index in [-0.39, 0.29) is 12.0 Å². The number of hydrogen-bond donors (Lipinski definition) is 3. The predicted molar refractivity (Wildman–Crippen MR) is 96.5 cm³/mol. The van der Waals surface area contributed by atoms with Crippen molar-refractivity contribution in [1.82, 2.24) is 0 Å². The minimum Gasteiger partial charge on any atom is -0.507 e. The third-order valence-corrected chi connectivity index (χ3v) is 4.51. The van der Waals surface area contributed by atoms with Crippen molar-refractivity contribution in [3.8, 4) is 5.75 Å². The number of aliphatic hydroxyl groups excluding tert-OH is 1. The van der Waals surface area contributed by atoms with Crippen LogP contribution >= 0.6 is 0 Å². The predicted octanol–water partition coefficient (Wildman–Crippen LogP) is 4.18. The molecular formula is C20H32O4. The molecule has 1 rings (SSSR count). The number of carbonyl (C=O) groups is 1.